The van der Waals surface area contributed by atoms with Crippen LogP contribution < -0.4 is 5.56 Å². The average Bonchev–Trinajstić information content (AvgIpc) is 3.07. The lowest BCUT2D eigenvalue weighted by Crippen LogP contribution is -2.26. The van der Waals surface area contributed by atoms with Crippen molar-refractivity contribution in [1.82, 2.24) is 19.6 Å². The minimum absolute atomic E-state index is 0.177. The molecular formula is C20H17ClN4O. The van der Waals surface area contributed by atoms with E-state index < -0.39 is 0 Å². The Morgan fingerprint density at radius 3 is 2.58 bits per heavy atom. The second-order valence-electron chi connectivity index (χ2n) is 6.33. The molecule has 0 saturated heterocycles. The maximum Gasteiger partial charge on any atom is 0.293 e. The zero-order valence-electron chi connectivity index (χ0n) is 14.5. The summed E-state index contributed by atoms with van der Waals surface area (Å²) in [6.07, 6.45) is 1.68. The molecule has 0 aliphatic carbocycles. The van der Waals surface area contributed by atoms with E-state index in [9.17, 15) is 4.79 Å². The Balaban J connectivity index is 1.88. The van der Waals surface area contributed by atoms with Crippen molar-refractivity contribution in [3.63, 3.8) is 0 Å². The van der Waals surface area contributed by atoms with Crippen LogP contribution >= 0.6 is 11.6 Å². The van der Waals surface area contributed by atoms with Gasteiger partial charge in [0.25, 0.3) is 5.56 Å². The van der Waals surface area contributed by atoms with Crippen LogP contribution in [0, 0.1) is 13.8 Å². The molecule has 2 aromatic carbocycles. The SMILES string of the molecule is Cc1ccc(Cn2nc(C)c3cnn(-c4cccc(Cl)c4)c3c2=O)cc1. The van der Waals surface area contributed by atoms with E-state index in [4.69, 9.17) is 11.6 Å². The van der Waals surface area contributed by atoms with Gasteiger partial charge in [0.15, 0.2) is 0 Å². The van der Waals surface area contributed by atoms with Gasteiger partial charge < -0.3 is 0 Å². The molecule has 6 heteroatoms. The zero-order valence-corrected chi connectivity index (χ0v) is 15.2. The van der Waals surface area contributed by atoms with E-state index in [2.05, 4.69) is 10.2 Å². The molecule has 0 bridgehead atoms. The lowest BCUT2D eigenvalue weighted by molar-refractivity contribution is 0.634. The summed E-state index contributed by atoms with van der Waals surface area (Å²) in [6, 6.07) is 15.4. The maximum absolute atomic E-state index is 13.1. The highest BCUT2D eigenvalue weighted by molar-refractivity contribution is 6.30. The van der Waals surface area contributed by atoms with E-state index in [1.165, 1.54) is 10.2 Å². The standard InChI is InChI=1S/C20H17ClN4O/c1-13-6-8-15(9-7-13)12-24-20(26)19-18(14(2)23-24)11-22-25(19)17-5-3-4-16(21)10-17/h3-11H,12H2,1-2H3. The van der Waals surface area contributed by atoms with Crippen LogP contribution in [0.25, 0.3) is 16.6 Å². The maximum atomic E-state index is 13.1. The van der Waals surface area contributed by atoms with Crippen LogP contribution in [-0.4, -0.2) is 19.6 Å². The first-order valence-electron chi connectivity index (χ1n) is 8.30. The molecule has 0 atom stereocenters. The van der Waals surface area contributed by atoms with Crippen molar-refractivity contribution in [2.75, 3.05) is 0 Å². The molecule has 2 heterocycles. The molecule has 0 saturated carbocycles. The average molecular weight is 365 g/mol. The number of fused-ring (bicyclic) bond motifs is 1. The fourth-order valence-corrected chi connectivity index (χ4v) is 3.18. The van der Waals surface area contributed by atoms with E-state index >= 15 is 0 Å². The lowest BCUT2D eigenvalue weighted by Gasteiger charge is -2.09. The van der Waals surface area contributed by atoms with Crippen LogP contribution in [0.4, 0.5) is 0 Å². The van der Waals surface area contributed by atoms with Crippen LogP contribution in [-0.2, 0) is 6.54 Å². The Kier molecular flexibility index (Phi) is 4.09. The largest absolute Gasteiger partial charge is 0.293 e. The van der Waals surface area contributed by atoms with Gasteiger partial charge in [0, 0.05) is 10.4 Å². The number of benzene rings is 2. The van der Waals surface area contributed by atoms with Gasteiger partial charge in [-0.15, -0.1) is 0 Å². The lowest BCUT2D eigenvalue weighted by atomic mass is 10.1. The van der Waals surface area contributed by atoms with Gasteiger partial charge >= 0.3 is 0 Å². The van der Waals surface area contributed by atoms with Gasteiger partial charge in [-0.05, 0) is 37.6 Å². The first-order valence-corrected chi connectivity index (χ1v) is 8.67. The molecule has 5 nitrogen and oxygen atoms in total. The summed E-state index contributed by atoms with van der Waals surface area (Å²) in [4.78, 5) is 13.1. The quantitative estimate of drug-likeness (QED) is 0.554. The van der Waals surface area contributed by atoms with Gasteiger partial charge in [0.2, 0.25) is 0 Å². The van der Waals surface area contributed by atoms with E-state index in [1.807, 2.05) is 50.2 Å². The molecule has 0 N–H and O–H groups in total. The number of nitrogens with zero attached hydrogens (tertiary/aromatic N) is 4. The Labute approximate surface area is 155 Å². The predicted octanol–water partition coefficient (Wildman–Crippen LogP) is 3.90. The normalized spacial score (nSPS) is 11.2. The monoisotopic (exact) mass is 364 g/mol. The first kappa shape index (κ1) is 16.5. The first-order chi connectivity index (χ1) is 12.5. The van der Waals surface area contributed by atoms with Crippen LogP contribution in [0.5, 0.6) is 0 Å². The van der Waals surface area contributed by atoms with Gasteiger partial charge in [-0.25, -0.2) is 9.36 Å². The third-order valence-corrected chi connectivity index (χ3v) is 4.61. The highest BCUT2D eigenvalue weighted by atomic mass is 35.5. The summed E-state index contributed by atoms with van der Waals surface area (Å²) in [7, 11) is 0. The number of hydrogen-bond donors (Lipinski definition) is 0. The van der Waals surface area contributed by atoms with Crippen molar-refractivity contribution in [3.8, 4) is 5.69 Å². The predicted molar refractivity (Wildman–Crippen MR) is 103 cm³/mol. The summed E-state index contributed by atoms with van der Waals surface area (Å²) in [5, 5.41) is 10.2. The van der Waals surface area contributed by atoms with Gasteiger partial charge in [0.1, 0.15) is 5.52 Å². The Bertz CT molecular complexity index is 1160. The van der Waals surface area contributed by atoms with Gasteiger partial charge in [0.05, 0.1) is 24.1 Å². The van der Waals surface area contributed by atoms with E-state index in [-0.39, 0.29) is 5.56 Å². The summed E-state index contributed by atoms with van der Waals surface area (Å²) in [6.45, 7) is 4.34. The number of aryl methyl sites for hydroxylation is 2. The van der Waals surface area contributed by atoms with Gasteiger partial charge in [-0.3, -0.25) is 4.79 Å². The summed E-state index contributed by atoms with van der Waals surface area (Å²) in [5.41, 5.74) is 4.05. The zero-order chi connectivity index (χ0) is 18.3. The van der Waals surface area contributed by atoms with Crippen LogP contribution in [0.1, 0.15) is 16.8 Å². The molecule has 4 aromatic rings. The molecule has 0 aliphatic heterocycles. The van der Waals surface area contributed by atoms with Crippen LogP contribution in [0.15, 0.2) is 59.5 Å². The number of hydrogen-bond acceptors (Lipinski definition) is 3. The highest BCUT2D eigenvalue weighted by Crippen LogP contribution is 2.20. The van der Waals surface area contributed by atoms with Gasteiger partial charge in [-0.1, -0.05) is 47.5 Å². The molecule has 26 heavy (non-hydrogen) atoms. The Morgan fingerprint density at radius 2 is 1.85 bits per heavy atom. The number of aromatic nitrogens is 4. The molecule has 2 aromatic heterocycles. The molecule has 0 unspecified atom stereocenters. The van der Waals surface area contributed by atoms with Gasteiger partial charge in [-0.2, -0.15) is 10.2 Å². The van der Waals surface area contributed by atoms with Crippen molar-refractivity contribution in [2.24, 2.45) is 0 Å². The molecule has 4 rings (SSSR count). The molecule has 0 fully saturated rings. The van der Waals surface area contributed by atoms with E-state index in [0.717, 1.165) is 22.3 Å². The Hall–Kier alpha value is -2.92. The molecule has 0 aliphatic rings. The minimum Gasteiger partial charge on any atom is -0.265 e. The van der Waals surface area contributed by atoms with Crippen LogP contribution in [0.2, 0.25) is 5.02 Å². The van der Waals surface area contributed by atoms with Crippen LogP contribution in [0.3, 0.4) is 0 Å². The summed E-state index contributed by atoms with van der Waals surface area (Å²) in [5.74, 6) is 0. The highest BCUT2D eigenvalue weighted by Gasteiger charge is 2.15. The number of halogens is 1. The molecule has 130 valence electrons. The second-order valence-corrected chi connectivity index (χ2v) is 6.77. The third-order valence-electron chi connectivity index (χ3n) is 4.37. The second kappa shape index (κ2) is 6.42. The van der Waals surface area contributed by atoms with E-state index in [1.54, 1.807) is 23.0 Å². The Morgan fingerprint density at radius 1 is 1.08 bits per heavy atom. The number of rotatable bonds is 3. The van der Waals surface area contributed by atoms with Crippen molar-refractivity contribution >= 4 is 22.5 Å². The van der Waals surface area contributed by atoms with Crippen molar-refractivity contribution in [1.29, 1.82) is 0 Å². The summed E-state index contributed by atoms with van der Waals surface area (Å²) < 4.78 is 3.12. The topological polar surface area (TPSA) is 52.7 Å². The van der Waals surface area contributed by atoms with Crippen molar-refractivity contribution in [2.45, 2.75) is 20.4 Å². The molecule has 0 radical (unpaired) electrons. The third kappa shape index (κ3) is 2.91. The molecular weight excluding hydrogens is 348 g/mol. The smallest absolute Gasteiger partial charge is 0.265 e. The van der Waals surface area contributed by atoms with Crippen molar-refractivity contribution < 1.29 is 0 Å². The minimum atomic E-state index is -0.177. The van der Waals surface area contributed by atoms with Crippen molar-refractivity contribution in [3.05, 3.63) is 86.9 Å². The fraction of sp³-hybridized carbons (Fsp3) is 0.150. The summed E-state index contributed by atoms with van der Waals surface area (Å²) >= 11 is 6.10. The molecule has 0 amide bonds. The molecule has 0 spiro atoms. The van der Waals surface area contributed by atoms with E-state index in [0.29, 0.717) is 17.1 Å². The fourth-order valence-electron chi connectivity index (χ4n) is 3.00.